The summed E-state index contributed by atoms with van der Waals surface area (Å²) >= 11 is 0. The summed E-state index contributed by atoms with van der Waals surface area (Å²) in [6.45, 7) is 6.12. The fraction of sp³-hybridized carbons (Fsp3) is 0.00840. The highest BCUT2D eigenvalue weighted by atomic mass is 15.0. The molecule has 19 aromatic carbocycles. The molecule has 0 fully saturated rings. The summed E-state index contributed by atoms with van der Waals surface area (Å²) in [5.41, 5.74) is 31.8. The second-order valence-electron chi connectivity index (χ2n) is 32.3. The Bertz CT molecular complexity index is 8300. The van der Waals surface area contributed by atoms with Crippen molar-refractivity contribution in [3.05, 3.63) is 455 Å². The summed E-state index contributed by atoms with van der Waals surface area (Å²) in [5.74, 6) is 1.29. The molecule has 23 rings (SSSR count). The first-order chi connectivity index (χ1) is 61.9. The van der Waals surface area contributed by atoms with Gasteiger partial charge >= 0.3 is 0 Å². The van der Waals surface area contributed by atoms with Crippen molar-refractivity contribution >= 4 is 103 Å². The minimum absolute atomic E-state index is 0.637. The second-order valence-corrected chi connectivity index (χ2v) is 32.3. The summed E-state index contributed by atoms with van der Waals surface area (Å²) in [6.07, 6.45) is 8.01. The summed E-state index contributed by atoms with van der Waals surface area (Å²) in [7, 11) is 0. The van der Waals surface area contributed by atoms with E-state index >= 15 is 0 Å². The van der Waals surface area contributed by atoms with Crippen LogP contribution in [0.15, 0.2) is 449 Å². The molecule has 0 amide bonds. The van der Waals surface area contributed by atoms with Gasteiger partial charge in [0.1, 0.15) is 0 Å². The van der Waals surface area contributed by atoms with Gasteiger partial charge in [-0.2, -0.15) is 0 Å². The Balaban J connectivity index is 0.634. The standard InChI is InChI=1S/C119H78N6/c1-3-5-29-76(4-2)116-104-72-100(81-34-14-8-15-35-81)103(99-51-26-43-79-36-22-23-48-96(79)99)75-109(104)121-118(122-116)84-58-62-95(63-59-84)125-111-53-28-50-98(115(111)107-69-89-40-19-21-42-91(89)71-113(107)125)92-46-24-44-86(66-92)87-45-25-47-93(67-87)101-73-105-108(74-102(101)82-56-54-78(55-57-82)77-30-10-6-11-31-77)120-119(123-117(105)83-37-16-9-17-38-83)85-60-64-94(65-61-85)124-110-52-27-49-97(80-32-12-7-13-33-80)114(110)106-68-88-39-18-20-41-90(88)70-112(106)124/h3-75H,1H2,2H3/b29-5-,76-4+. The number of fused-ring (bicyclic) bond motifs is 11. The molecule has 0 unspecified atom stereocenters. The van der Waals surface area contributed by atoms with Crippen LogP contribution in [0.2, 0.25) is 0 Å². The van der Waals surface area contributed by atoms with Crippen LogP contribution in [-0.2, 0) is 0 Å². The Kier molecular flexibility index (Phi) is 18.2. The number of rotatable bonds is 16. The van der Waals surface area contributed by atoms with Crippen LogP contribution in [0.3, 0.4) is 0 Å². The third kappa shape index (κ3) is 13.1. The van der Waals surface area contributed by atoms with Crippen LogP contribution in [0.1, 0.15) is 12.6 Å². The molecule has 6 heteroatoms. The molecule has 0 bridgehead atoms. The van der Waals surface area contributed by atoms with Crippen LogP contribution in [0.25, 0.3) is 238 Å². The molecular formula is C119H78N6. The summed E-state index contributed by atoms with van der Waals surface area (Å²) in [5, 5.41) is 13.8. The zero-order valence-corrected chi connectivity index (χ0v) is 68.5. The Morgan fingerprint density at radius 3 is 1.20 bits per heavy atom. The predicted molar refractivity (Wildman–Crippen MR) is 527 cm³/mol. The van der Waals surface area contributed by atoms with E-state index in [-0.39, 0.29) is 0 Å². The van der Waals surface area contributed by atoms with E-state index in [2.05, 4.69) is 453 Å². The molecule has 0 aliphatic carbocycles. The molecule has 0 atom stereocenters. The maximum atomic E-state index is 5.61. The molecule has 0 radical (unpaired) electrons. The highest BCUT2D eigenvalue weighted by Gasteiger charge is 2.25. The van der Waals surface area contributed by atoms with Gasteiger partial charge in [0.2, 0.25) is 0 Å². The SMILES string of the molecule is C=C/C=C\C(=C/C)c1nc(-c2ccc(-n3c4cc5ccccc5cc4c4c(-c5cccc(-c6cccc(-c7cc8c(-c9ccccc9)nc(-c9ccc(-n%10c%11cc%12ccccc%12cc%11c%11c(-c%12ccccc%12)cccc%11%10)cc9)nc8cc7-c7ccc(-c8ccccc8)cc7)c6)c5)cccc43)cc2)nc2cc(-c3cccc4ccccc34)c(-c3ccccc3)cc12. The van der Waals surface area contributed by atoms with Crippen molar-refractivity contribution in [1.82, 2.24) is 29.1 Å². The third-order valence-electron chi connectivity index (χ3n) is 25.0. The number of allylic oxidation sites excluding steroid dienone is 5. The smallest absolute Gasteiger partial charge is 0.160 e. The summed E-state index contributed by atoms with van der Waals surface area (Å²) < 4.78 is 4.85. The Hall–Kier alpha value is -16.5. The lowest BCUT2D eigenvalue weighted by molar-refractivity contribution is 1.17. The van der Waals surface area contributed by atoms with Gasteiger partial charge in [-0.15, -0.1) is 0 Å². The highest BCUT2D eigenvalue weighted by molar-refractivity contribution is 6.21. The van der Waals surface area contributed by atoms with E-state index in [0.717, 1.165) is 161 Å². The van der Waals surface area contributed by atoms with Crippen LogP contribution in [0.4, 0.5) is 0 Å². The number of nitrogens with zero attached hydrogens (tertiary/aromatic N) is 6. The van der Waals surface area contributed by atoms with Crippen molar-refractivity contribution in [2.45, 2.75) is 6.92 Å². The lowest BCUT2D eigenvalue weighted by atomic mass is 9.89. The average molecular weight is 1590 g/mol. The minimum Gasteiger partial charge on any atom is -0.309 e. The van der Waals surface area contributed by atoms with E-state index in [1.807, 2.05) is 12.2 Å². The first-order valence-corrected chi connectivity index (χ1v) is 42.7. The topological polar surface area (TPSA) is 61.4 Å². The fourth-order valence-electron chi connectivity index (χ4n) is 19.0. The number of hydrogen-bond acceptors (Lipinski definition) is 4. The van der Waals surface area contributed by atoms with Crippen LogP contribution in [0, 0.1) is 0 Å². The van der Waals surface area contributed by atoms with E-state index in [0.29, 0.717) is 11.6 Å². The third-order valence-corrected chi connectivity index (χ3v) is 25.0. The fourth-order valence-corrected chi connectivity index (χ4v) is 19.0. The summed E-state index contributed by atoms with van der Waals surface area (Å²) in [6, 6.07) is 152. The maximum Gasteiger partial charge on any atom is 0.160 e. The van der Waals surface area contributed by atoms with Gasteiger partial charge in [-0.25, -0.2) is 19.9 Å². The number of hydrogen-bond donors (Lipinski definition) is 0. The van der Waals surface area contributed by atoms with Crippen LogP contribution in [-0.4, -0.2) is 29.1 Å². The molecule has 584 valence electrons. The molecule has 4 aromatic heterocycles. The Morgan fingerprint density at radius 2 is 0.632 bits per heavy atom. The molecule has 0 spiro atoms. The molecule has 0 saturated carbocycles. The van der Waals surface area contributed by atoms with Crippen LogP contribution < -0.4 is 0 Å². The van der Waals surface area contributed by atoms with E-state index in [9.17, 15) is 0 Å². The van der Waals surface area contributed by atoms with Gasteiger partial charge in [0.15, 0.2) is 11.6 Å². The van der Waals surface area contributed by atoms with E-state index in [1.54, 1.807) is 0 Å². The Morgan fingerprint density at radius 1 is 0.248 bits per heavy atom. The van der Waals surface area contributed by atoms with E-state index < -0.39 is 0 Å². The van der Waals surface area contributed by atoms with Gasteiger partial charge in [-0.05, 0) is 255 Å². The van der Waals surface area contributed by atoms with Crippen LogP contribution >= 0.6 is 0 Å². The summed E-state index contributed by atoms with van der Waals surface area (Å²) in [4.78, 5) is 22.3. The number of benzene rings is 19. The predicted octanol–water partition coefficient (Wildman–Crippen LogP) is 31.7. The average Bonchev–Trinajstić information content (AvgIpc) is 1.61. The van der Waals surface area contributed by atoms with Crippen molar-refractivity contribution < 1.29 is 0 Å². The zero-order chi connectivity index (χ0) is 83.0. The zero-order valence-electron chi connectivity index (χ0n) is 68.5. The lowest BCUT2D eigenvalue weighted by Crippen LogP contribution is -2.00. The molecule has 23 aromatic rings. The van der Waals surface area contributed by atoms with Gasteiger partial charge in [0, 0.05) is 60.4 Å². The van der Waals surface area contributed by atoms with Gasteiger partial charge in [0.05, 0.1) is 44.5 Å². The normalized spacial score (nSPS) is 11.9. The number of aromatic nitrogens is 6. The monoisotopic (exact) mass is 1590 g/mol. The molecule has 0 aliphatic rings. The minimum atomic E-state index is 0.637. The van der Waals surface area contributed by atoms with Gasteiger partial charge < -0.3 is 9.13 Å². The van der Waals surface area contributed by atoms with Crippen molar-refractivity contribution in [2.75, 3.05) is 0 Å². The van der Waals surface area contributed by atoms with Crippen molar-refractivity contribution in [3.8, 4) is 134 Å². The first kappa shape index (κ1) is 73.6. The molecule has 0 saturated heterocycles. The van der Waals surface area contributed by atoms with Crippen LogP contribution in [0.5, 0.6) is 0 Å². The quantitative estimate of drug-likeness (QED) is 0.0905. The Labute approximate surface area is 724 Å². The molecule has 125 heavy (non-hydrogen) atoms. The van der Waals surface area contributed by atoms with Crippen molar-refractivity contribution in [3.63, 3.8) is 0 Å². The van der Waals surface area contributed by atoms with Gasteiger partial charge in [0.25, 0.3) is 0 Å². The highest BCUT2D eigenvalue weighted by Crippen LogP contribution is 2.48. The van der Waals surface area contributed by atoms with E-state index in [4.69, 9.17) is 19.9 Å². The molecular weight excluding hydrogens is 1510 g/mol. The van der Waals surface area contributed by atoms with E-state index in [1.165, 1.54) is 70.6 Å². The molecule has 4 heterocycles. The van der Waals surface area contributed by atoms with Crippen molar-refractivity contribution in [2.24, 2.45) is 0 Å². The van der Waals surface area contributed by atoms with Gasteiger partial charge in [-0.1, -0.05) is 328 Å². The molecule has 0 aliphatic heterocycles. The largest absolute Gasteiger partial charge is 0.309 e. The second kappa shape index (κ2) is 30.9. The lowest BCUT2D eigenvalue weighted by Gasteiger charge is -2.17. The van der Waals surface area contributed by atoms with Crippen molar-refractivity contribution in [1.29, 1.82) is 0 Å². The maximum absolute atomic E-state index is 5.61. The first-order valence-electron chi connectivity index (χ1n) is 42.7. The molecule has 6 nitrogen and oxygen atoms in total. The molecule has 0 N–H and O–H groups in total. The van der Waals surface area contributed by atoms with Gasteiger partial charge in [-0.3, -0.25) is 0 Å².